The summed E-state index contributed by atoms with van der Waals surface area (Å²) in [5.74, 6) is 0.0390. The monoisotopic (exact) mass is 281 g/mol. The quantitative estimate of drug-likeness (QED) is 0.645. The Hall–Kier alpha value is -1.09. The van der Waals surface area contributed by atoms with Gasteiger partial charge in [-0.05, 0) is 37.6 Å². The molecule has 0 aromatic heterocycles. The lowest BCUT2D eigenvalue weighted by atomic mass is 9.99. The first kappa shape index (κ1) is 17.0. The third kappa shape index (κ3) is 5.91. The molecule has 1 N–H and O–H groups in total. The van der Waals surface area contributed by atoms with Crippen LogP contribution >= 0.6 is 0 Å². The van der Waals surface area contributed by atoms with Crippen molar-refractivity contribution in [2.75, 3.05) is 14.2 Å². The molecule has 0 aliphatic rings. The summed E-state index contributed by atoms with van der Waals surface area (Å²) < 4.78 is 18.6. The van der Waals surface area contributed by atoms with Crippen LogP contribution < -0.4 is 10.1 Å². The predicted octanol–water partition coefficient (Wildman–Crippen LogP) is 4.33. The lowest BCUT2D eigenvalue weighted by molar-refractivity contribution is 0.385. The largest absolute Gasteiger partial charge is 0.494 e. The molecule has 0 bridgehead atoms. The molecule has 0 aliphatic heterocycles. The highest BCUT2D eigenvalue weighted by atomic mass is 19.1. The van der Waals surface area contributed by atoms with Gasteiger partial charge >= 0.3 is 0 Å². The molecular weight excluding hydrogens is 253 g/mol. The van der Waals surface area contributed by atoms with Crippen molar-refractivity contribution in [2.45, 2.75) is 57.9 Å². The van der Waals surface area contributed by atoms with Crippen LogP contribution in [0.25, 0.3) is 0 Å². The maximum Gasteiger partial charge on any atom is 0.165 e. The lowest BCUT2D eigenvalue weighted by Gasteiger charge is -2.16. The average Bonchev–Trinajstić information content (AvgIpc) is 2.46. The van der Waals surface area contributed by atoms with E-state index in [-0.39, 0.29) is 5.82 Å². The van der Waals surface area contributed by atoms with Crippen molar-refractivity contribution in [1.82, 2.24) is 5.32 Å². The Labute approximate surface area is 122 Å². The number of halogens is 1. The molecule has 1 rings (SSSR count). The van der Waals surface area contributed by atoms with Gasteiger partial charge in [-0.2, -0.15) is 0 Å². The predicted molar refractivity (Wildman–Crippen MR) is 82.9 cm³/mol. The van der Waals surface area contributed by atoms with Gasteiger partial charge in [0.15, 0.2) is 11.6 Å². The van der Waals surface area contributed by atoms with Crippen LogP contribution in [0.2, 0.25) is 0 Å². The van der Waals surface area contributed by atoms with Crippen LogP contribution in [-0.2, 0) is 6.42 Å². The molecule has 0 heterocycles. The van der Waals surface area contributed by atoms with Gasteiger partial charge in [0.25, 0.3) is 0 Å². The molecule has 0 radical (unpaired) electrons. The molecule has 2 nitrogen and oxygen atoms in total. The highest BCUT2D eigenvalue weighted by Crippen LogP contribution is 2.19. The lowest BCUT2D eigenvalue weighted by Crippen LogP contribution is -2.27. The van der Waals surface area contributed by atoms with Crippen LogP contribution in [-0.4, -0.2) is 20.2 Å². The number of likely N-dealkylation sites (N-methyl/N-ethyl adjacent to an activating group) is 1. The van der Waals surface area contributed by atoms with Crippen molar-refractivity contribution in [1.29, 1.82) is 0 Å². The molecule has 0 spiro atoms. The topological polar surface area (TPSA) is 21.3 Å². The fourth-order valence-corrected chi connectivity index (χ4v) is 2.46. The van der Waals surface area contributed by atoms with Gasteiger partial charge in [0.1, 0.15) is 0 Å². The summed E-state index contributed by atoms with van der Waals surface area (Å²) in [7, 11) is 3.47. The van der Waals surface area contributed by atoms with Gasteiger partial charge in [0.2, 0.25) is 0 Å². The van der Waals surface area contributed by atoms with E-state index in [9.17, 15) is 4.39 Å². The van der Waals surface area contributed by atoms with Gasteiger partial charge in [0.05, 0.1) is 7.11 Å². The normalized spacial score (nSPS) is 12.4. The Kier molecular flexibility index (Phi) is 8.28. The van der Waals surface area contributed by atoms with Crippen LogP contribution in [0.3, 0.4) is 0 Å². The van der Waals surface area contributed by atoms with Crippen molar-refractivity contribution >= 4 is 0 Å². The van der Waals surface area contributed by atoms with Crippen molar-refractivity contribution in [3.63, 3.8) is 0 Å². The molecule has 20 heavy (non-hydrogen) atoms. The minimum atomic E-state index is -0.275. The summed E-state index contributed by atoms with van der Waals surface area (Å²) in [6, 6.07) is 5.66. The van der Waals surface area contributed by atoms with Crippen LogP contribution in [0.1, 0.15) is 51.0 Å². The maximum atomic E-state index is 13.7. The van der Waals surface area contributed by atoms with E-state index in [2.05, 4.69) is 12.2 Å². The first-order valence-electron chi connectivity index (χ1n) is 7.71. The number of unbranched alkanes of at least 4 members (excludes halogenated alkanes) is 4. The second-order valence-electron chi connectivity index (χ2n) is 5.36. The molecule has 0 saturated heterocycles. The number of methoxy groups -OCH3 is 1. The third-order valence-corrected chi connectivity index (χ3v) is 3.76. The Morgan fingerprint density at radius 1 is 1.20 bits per heavy atom. The second-order valence-corrected chi connectivity index (χ2v) is 5.36. The fourth-order valence-electron chi connectivity index (χ4n) is 2.46. The van der Waals surface area contributed by atoms with Crippen molar-refractivity contribution < 1.29 is 9.13 Å². The zero-order valence-corrected chi connectivity index (χ0v) is 13.0. The van der Waals surface area contributed by atoms with E-state index in [1.807, 2.05) is 13.1 Å². The highest BCUT2D eigenvalue weighted by Gasteiger charge is 2.09. The van der Waals surface area contributed by atoms with Crippen LogP contribution in [0.4, 0.5) is 4.39 Å². The fraction of sp³-hybridized carbons (Fsp3) is 0.647. The minimum absolute atomic E-state index is 0.275. The third-order valence-electron chi connectivity index (χ3n) is 3.76. The highest BCUT2D eigenvalue weighted by molar-refractivity contribution is 5.29. The molecule has 0 aliphatic carbocycles. The van der Waals surface area contributed by atoms with Gasteiger partial charge in [-0.15, -0.1) is 0 Å². The van der Waals surface area contributed by atoms with E-state index in [1.54, 1.807) is 12.1 Å². The van der Waals surface area contributed by atoms with Crippen molar-refractivity contribution in [2.24, 2.45) is 0 Å². The van der Waals surface area contributed by atoms with Gasteiger partial charge in [-0.25, -0.2) is 4.39 Å². The summed E-state index contributed by atoms with van der Waals surface area (Å²) in [5, 5.41) is 3.34. The Balaban J connectivity index is 2.41. The van der Waals surface area contributed by atoms with Crippen LogP contribution in [0.5, 0.6) is 5.75 Å². The molecule has 1 atom stereocenters. The molecule has 1 aromatic carbocycles. The van der Waals surface area contributed by atoms with E-state index in [0.717, 1.165) is 18.4 Å². The van der Waals surface area contributed by atoms with E-state index >= 15 is 0 Å². The summed E-state index contributed by atoms with van der Waals surface area (Å²) in [5.41, 5.74) is 1.02. The molecule has 0 saturated carbocycles. The second kappa shape index (κ2) is 9.76. The van der Waals surface area contributed by atoms with Crippen molar-refractivity contribution in [3.05, 3.63) is 29.6 Å². The van der Waals surface area contributed by atoms with Gasteiger partial charge in [-0.1, -0.05) is 45.1 Å². The maximum absolute atomic E-state index is 13.7. The Morgan fingerprint density at radius 2 is 1.95 bits per heavy atom. The van der Waals surface area contributed by atoms with Crippen molar-refractivity contribution in [3.8, 4) is 5.75 Å². The zero-order valence-electron chi connectivity index (χ0n) is 13.0. The van der Waals surface area contributed by atoms with Gasteiger partial charge in [-0.3, -0.25) is 0 Å². The van der Waals surface area contributed by atoms with E-state index in [1.165, 1.54) is 39.2 Å². The van der Waals surface area contributed by atoms with Gasteiger partial charge < -0.3 is 10.1 Å². The van der Waals surface area contributed by atoms with E-state index in [0.29, 0.717) is 11.8 Å². The molecule has 1 aromatic rings. The standard InChI is InChI=1S/C17H28FNO/c1-4-5-6-7-8-9-15(19-2)12-14-10-11-17(20-3)16(18)13-14/h10-11,13,15,19H,4-9,12H2,1-3H3. The first-order chi connectivity index (χ1) is 9.71. The van der Waals surface area contributed by atoms with Crippen LogP contribution in [0.15, 0.2) is 18.2 Å². The minimum Gasteiger partial charge on any atom is -0.494 e. The molecule has 1 unspecified atom stereocenters. The van der Waals surface area contributed by atoms with E-state index < -0.39 is 0 Å². The molecular formula is C17H28FNO. The molecule has 0 fully saturated rings. The summed E-state index contributed by atoms with van der Waals surface area (Å²) >= 11 is 0. The van der Waals surface area contributed by atoms with Gasteiger partial charge in [0, 0.05) is 6.04 Å². The Morgan fingerprint density at radius 3 is 2.55 bits per heavy atom. The summed E-state index contributed by atoms with van der Waals surface area (Å²) in [6.45, 7) is 2.23. The Bertz CT molecular complexity index is 381. The zero-order chi connectivity index (χ0) is 14.8. The molecule has 0 amide bonds. The summed E-state index contributed by atoms with van der Waals surface area (Å²) in [4.78, 5) is 0. The SMILES string of the molecule is CCCCCCCC(Cc1ccc(OC)c(F)c1)NC. The number of benzene rings is 1. The summed E-state index contributed by atoms with van der Waals surface area (Å²) in [6.07, 6.45) is 8.48. The molecule has 3 heteroatoms. The van der Waals surface area contributed by atoms with E-state index in [4.69, 9.17) is 4.74 Å². The number of rotatable bonds is 10. The van der Waals surface area contributed by atoms with Crippen LogP contribution in [0, 0.1) is 5.82 Å². The number of ether oxygens (including phenoxy) is 1. The number of hydrogen-bond donors (Lipinski definition) is 1. The smallest absolute Gasteiger partial charge is 0.165 e. The number of nitrogens with one attached hydrogen (secondary N) is 1. The number of hydrogen-bond acceptors (Lipinski definition) is 2. The first-order valence-corrected chi connectivity index (χ1v) is 7.71. The average molecular weight is 281 g/mol. The molecule has 114 valence electrons.